The van der Waals surface area contributed by atoms with Crippen LogP contribution < -0.4 is 10.1 Å². The van der Waals surface area contributed by atoms with Crippen LogP contribution in [-0.2, 0) is 9.47 Å². The van der Waals surface area contributed by atoms with Crippen LogP contribution in [0, 0.1) is 0 Å². The molecule has 0 aliphatic carbocycles. The fourth-order valence-corrected chi connectivity index (χ4v) is 4.26. The maximum Gasteiger partial charge on any atom is 0.412 e. The van der Waals surface area contributed by atoms with Crippen LogP contribution in [0.1, 0.15) is 32.3 Å². The van der Waals surface area contributed by atoms with E-state index in [9.17, 15) is 4.79 Å². The van der Waals surface area contributed by atoms with E-state index >= 15 is 0 Å². The third-order valence-corrected chi connectivity index (χ3v) is 6.04. The molecule has 2 atom stereocenters. The molecule has 0 saturated carbocycles. The van der Waals surface area contributed by atoms with Crippen molar-refractivity contribution in [3.63, 3.8) is 0 Å². The number of fused-ring (bicyclic) bond motifs is 1. The van der Waals surface area contributed by atoms with Crippen LogP contribution in [-0.4, -0.2) is 74.1 Å². The highest BCUT2D eigenvalue weighted by atomic mass is 16.6. The fraction of sp³-hybridized carbons (Fsp3) is 0.458. The maximum absolute atomic E-state index is 12.3. The molecule has 3 heterocycles. The number of morpholine rings is 1. The summed E-state index contributed by atoms with van der Waals surface area (Å²) in [5.41, 5.74) is 2.46. The lowest BCUT2D eigenvalue weighted by Gasteiger charge is -2.30. The predicted molar refractivity (Wildman–Crippen MR) is 127 cm³/mol. The Labute approximate surface area is 194 Å². The van der Waals surface area contributed by atoms with E-state index in [1.165, 1.54) is 0 Å². The van der Waals surface area contributed by atoms with Gasteiger partial charge in [-0.15, -0.1) is 0 Å². The number of hydrogen-bond acceptors (Lipinski definition) is 7. The van der Waals surface area contributed by atoms with E-state index in [0.717, 1.165) is 48.8 Å². The molecule has 1 amide bonds. The van der Waals surface area contributed by atoms with Gasteiger partial charge in [0.25, 0.3) is 0 Å². The van der Waals surface area contributed by atoms with Gasteiger partial charge in [-0.1, -0.05) is 13.3 Å². The number of amidine groups is 1. The van der Waals surface area contributed by atoms with Crippen LogP contribution in [0.15, 0.2) is 52.1 Å². The zero-order chi connectivity index (χ0) is 23.4. The molecule has 1 aromatic rings. The van der Waals surface area contributed by atoms with Crippen molar-refractivity contribution >= 4 is 23.8 Å². The van der Waals surface area contributed by atoms with Gasteiger partial charge in [0.05, 0.1) is 51.0 Å². The number of anilines is 1. The number of nitrogens with one attached hydrogen (secondary N) is 1. The predicted octanol–water partition coefficient (Wildman–Crippen LogP) is 3.70. The molecule has 176 valence electrons. The van der Waals surface area contributed by atoms with Gasteiger partial charge in [0, 0.05) is 13.1 Å². The molecule has 0 bridgehead atoms. The number of allylic oxidation sites excluding steroid dienone is 1. The summed E-state index contributed by atoms with van der Waals surface area (Å²) in [6.45, 7) is 6.88. The minimum Gasteiger partial charge on any atom is -0.495 e. The molecule has 1 aromatic carbocycles. The molecule has 3 aliphatic rings. The number of carbonyl (C=O) groups is 1. The number of rotatable bonds is 7. The zero-order valence-electron chi connectivity index (χ0n) is 19.7. The molecular weight excluding hydrogens is 422 g/mol. The minimum absolute atomic E-state index is 0.145. The van der Waals surface area contributed by atoms with E-state index in [2.05, 4.69) is 29.2 Å². The molecule has 0 radical (unpaired) electrons. The number of methoxy groups -OCH3 is 1. The van der Waals surface area contributed by atoms with Gasteiger partial charge < -0.3 is 19.1 Å². The fourth-order valence-electron chi connectivity index (χ4n) is 4.26. The van der Waals surface area contributed by atoms with Crippen LogP contribution in [0.3, 0.4) is 0 Å². The Morgan fingerprint density at radius 1 is 1.33 bits per heavy atom. The standard InChI is InChI=1S/C24H31N5O4/c1-5-6-17(2)33-24(30)26-19-8-7-18(15-21(19)31-4)23-27-22(28-10-13-32-14-11-28)20-16-25-9-12-29(20,23)3/h7-9,12,15-17H,5-6,10-11,13-14H2,1-4H3/p+1/t17-,29?/m0/s1. The van der Waals surface area contributed by atoms with Gasteiger partial charge in [0.15, 0.2) is 5.82 Å². The average molecular weight is 455 g/mol. The van der Waals surface area contributed by atoms with Gasteiger partial charge in [-0.05, 0) is 31.5 Å². The highest BCUT2D eigenvalue weighted by Crippen LogP contribution is 2.36. The van der Waals surface area contributed by atoms with E-state index < -0.39 is 6.09 Å². The van der Waals surface area contributed by atoms with Crippen LogP contribution in [0.5, 0.6) is 5.75 Å². The molecule has 1 N–H and O–H groups in total. The van der Waals surface area contributed by atoms with Crippen molar-refractivity contribution in [1.82, 2.24) is 4.90 Å². The first-order valence-electron chi connectivity index (χ1n) is 11.4. The first kappa shape index (κ1) is 23.0. The summed E-state index contributed by atoms with van der Waals surface area (Å²) in [5.74, 6) is 2.31. The quantitative estimate of drug-likeness (QED) is 0.635. The van der Waals surface area contributed by atoms with E-state index in [4.69, 9.17) is 19.2 Å². The van der Waals surface area contributed by atoms with E-state index in [1.54, 1.807) is 13.3 Å². The molecule has 1 fully saturated rings. The summed E-state index contributed by atoms with van der Waals surface area (Å²) >= 11 is 0. The topological polar surface area (TPSA) is 84.8 Å². The van der Waals surface area contributed by atoms with Gasteiger partial charge in [0.2, 0.25) is 11.5 Å². The lowest BCUT2D eigenvalue weighted by molar-refractivity contribution is -0.713. The molecule has 1 unspecified atom stereocenters. The molecule has 1 saturated heterocycles. The van der Waals surface area contributed by atoms with Gasteiger partial charge in [-0.2, -0.15) is 4.99 Å². The summed E-state index contributed by atoms with van der Waals surface area (Å²) in [4.78, 5) is 24.0. The van der Waals surface area contributed by atoms with Crippen molar-refractivity contribution in [3.05, 3.63) is 47.7 Å². The van der Waals surface area contributed by atoms with Crippen molar-refractivity contribution in [2.24, 2.45) is 9.98 Å². The highest BCUT2D eigenvalue weighted by Gasteiger charge is 2.44. The average Bonchev–Trinajstić information content (AvgIpc) is 3.13. The zero-order valence-corrected chi connectivity index (χ0v) is 19.7. The molecule has 33 heavy (non-hydrogen) atoms. The summed E-state index contributed by atoms with van der Waals surface area (Å²) in [6.07, 6.45) is 6.82. The van der Waals surface area contributed by atoms with Gasteiger partial charge in [0.1, 0.15) is 18.1 Å². The number of benzene rings is 1. The van der Waals surface area contributed by atoms with Crippen LogP contribution in [0.25, 0.3) is 0 Å². The maximum atomic E-state index is 12.3. The minimum atomic E-state index is -0.493. The number of nitrogens with zero attached hydrogens (tertiary/aromatic N) is 4. The molecule has 9 heteroatoms. The lowest BCUT2D eigenvalue weighted by atomic mass is 10.1. The number of quaternary nitrogens is 1. The number of ether oxygens (including phenoxy) is 3. The third kappa shape index (κ3) is 4.65. The molecule has 9 nitrogen and oxygen atoms in total. The summed E-state index contributed by atoms with van der Waals surface area (Å²) < 4.78 is 16.9. The molecule has 0 spiro atoms. The van der Waals surface area contributed by atoms with E-state index in [0.29, 0.717) is 29.1 Å². The van der Waals surface area contributed by atoms with E-state index in [1.807, 2.05) is 37.5 Å². The van der Waals surface area contributed by atoms with Crippen molar-refractivity contribution in [2.75, 3.05) is 45.8 Å². The number of amides is 1. The van der Waals surface area contributed by atoms with Gasteiger partial charge in [-0.25, -0.2) is 9.28 Å². The molecular formula is C24H32N5O4+. The smallest absolute Gasteiger partial charge is 0.412 e. The molecule has 3 aliphatic heterocycles. The summed E-state index contributed by atoms with van der Waals surface area (Å²) in [6, 6.07) is 5.66. The molecule has 0 aromatic heterocycles. The Hall–Kier alpha value is -3.17. The van der Waals surface area contributed by atoms with Crippen molar-refractivity contribution in [1.29, 1.82) is 0 Å². The second-order valence-electron chi connectivity index (χ2n) is 8.44. The number of aliphatic imine (C=N–C) groups is 2. The second kappa shape index (κ2) is 9.76. The van der Waals surface area contributed by atoms with Crippen LogP contribution >= 0.6 is 0 Å². The second-order valence-corrected chi connectivity index (χ2v) is 8.44. The first-order valence-corrected chi connectivity index (χ1v) is 11.4. The Kier molecular flexibility index (Phi) is 6.80. The molecule has 4 rings (SSSR count). The Morgan fingerprint density at radius 3 is 2.85 bits per heavy atom. The first-order chi connectivity index (χ1) is 16.0. The van der Waals surface area contributed by atoms with Gasteiger partial charge >= 0.3 is 6.09 Å². The van der Waals surface area contributed by atoms with Crippen LogP contribution in [0.4, 0.5) is 10.5 Å². The number of carbonyl (C=O) groups excluding carboxylic acids is 1. The highest BCUT2D eigenvalue weighted by molar-refractivity contribution is 6.01. The van der Waals surface area contributed by atoms with E-state index in [-0.39, 0.29) is 6.10 Å². The summed E-state index contributed by atoms with van der Waals surface area (Å²) in [5, 5.41) is 2.80. The largest absolute Gasteiger partial charge is 0.495 e. The Morgan fingerprint density at radius 2 is 2.12 bits per heavy atom. The summed E-state index contributed by atoms with van der Waals surface area (Å²) in [7, 11) is 3.67. The van der Waals surface area contributed by atoms with Crippen molar-refractivity contribution < 1.29 is 23.5 Å². The van der Waals surface area contributed by atoms with Crippen molar-refractivity contribution in [2.45, 2.75) is 32.8 Å². The van der Waals surface area contributed by atoms with Gasteiger partial charge in [-0.3, -0.25) is 10.3 Å². The normalized spacial score (nSPS) is 22.7. The lowest BCUT2D eigenvalue weighted by Crippen LogP contribution is -2.43. The monoisotopic (exact) mass is 454 g/mol. The van der Waals surface area contributed by atoms with Crippen molar-refractivity contribution in [3.8, 4) is 5.75 Å². The Balaban J connectivity index is 1.61. The number of hydrogen-bond donors (Lipinski definition) is 1. The third-order valence-electron chi connectivity index (χ3n) is 6.04. The SMILES string of the molecule is CCC[C@H](C)OC(=O)Nc1ccc(C2=NC(N3CCOCC3)=C3C=NC=C[N+]23C)cc1OC. The Bertz CT molecular complexity index is 1030. The van der Waals surface area contributed by atoms with Crippen LogP contribution in [0.2, 0.25) is 0 Å².